The van der Waals surface area contributed by atoms with Gasteiger partial charge >= 0.3 is 0 Å². The number of halogens is 1. The van der Waals surface area contributed by atoms with E-state index in [4.69, 9.17) is 9.72 Å². The van der Waals surface area contributed by atoms with Crippen LogP contribution in [0.2, 0.25) is 0 Å². The molecule has 7 nitrogen and oxygen atoms in total. The Hall–Kier alpha value is -3.49. The lowest BCUT2D eigenvalue weighted by molar-refractivity contribution is -0.00480. The van der Waals surface area contributed by atoms with E-state index in [1.54, 1.807) is 35.3 Å². The van der Waals surface area contributed by atoms with E-state index in [0.717, 1.165) is 12.8 Å². The minimum absolute atomic E-state index is 0.271. The summed E-state index contributed by atoms with van der Waals surface area (Å²) in [7, 11) is 0. The van der Waals surface area contributed by atoms with Crippen LogP contribution in [0.5, 0.6) is 0 Å². The van der Waals surface area contributed by atoms with Crippen molar-refractivity contribution >= 4 is 0 Å². The standard InChI is InChI=1S/C24H23FN6O/c25-19-10-8-18(9-11-19)22-29-23(31(30-22)24-26-13-4-14-27-24)21-15-28-20(16-32-21)12-7-17-5-2-1-3-6-17/h1-6,8-11,13-14,20-21,28H,7,12,15-16H2. The van der Waals surface area contributed by atoms with Gasteiger partial charge in [-0.1, -0.05) is 30.3 Å². The molecule has 2 aromatic heterocycles. The number of aromatic nitrogens is 5. The largest absolute Gasteiger partial charge is 0.367 e. The monoisotopic (exact) mass is 430 g/mol. The molecule has 3 heterocycles. The lowest BCUT2D eigenvalue weighted by Gasteiger charge is -2.29. The molecule has 2 atom stereocenters. The highest BCUT2D eigenvalue weighted by Crippen LogP contribution is 2.25. The molecule has 1 fully saturated rings. The van der Waals surface area contributed by atoms with Gasteiger partial charge in [-0.05, 0) is 48.7 Å². The van der Waals surface area contributed by atoms with Crippen LogP contribution in [0.3, 0.4) is 0 Å². The first-order valence-electron chi connectivity index (χ1n) is 10.7. The van der Waals surface area contributed by atoms with Crippen molar-refractivity contribution in [2.24, 2.45) is 0 Å². The van der Waals surface area contributed by atoms with E-state index in [-0.39, 0.29) is 18.0 Å². The molecular formula is C24H23FN6O. The molecule has 0 saturated carbocycles. The van der Waals surface area contributed by atoms with Crippen molar-refractivity contribution in [1.29, 1.82) is 0 Å². The molecule has 0 bridgehead atoms. The normalized spacial score (nSPS) is 18.5. The molecule has 8 heteroatoms. The van der Waals surface area contributed by atoms with Crippen LogP contribution in [0.15, 0.2) is 73.1 Å². The van der Waals surface area contributed by atoms with Crippen LogP contribution >= 0.6 is 0 Å². The maximum Gasteiger partial charge on any atom is 0.252 e. The maximum absolute atomic E-state index is 13.4. The zero-order chi connectivity index (χ0) is 21.8. The Morgan fingerprint density at radius 2 is 1.78 bits per heavy atom. The quantitative estimate of drug-likeness (QED) is 0.504. The topological polar surface area (TPSA) is 77.8 Å². The summed E-state index contributed by atoms with van der Waals surface area (Å²) >= 11 is 0. The first-order chi connectivity index (χ1) is 15.8. The molecule has 2 aromatic carbocycles. The SMILES string of the molecule is Fc1ccc(-c2nc(C3CNC(CCc4ccccc4)CO3)n(-c3ncccn3)n2)cc1. The highest BCUT2D eigenvalue weighted by molar-refractivity contribution is 5.54. The summed E-state index contributed by atoms with van der Waals surface area (Å²) in [6.07, 6.45) is 5.01. The Bertz CT molecular complexity index is 1140. The summed E-state index contributed by atoms with van der Waals surface area (Å²) in [4.78, 5) is 13.3. The van der Waals surface area contributed by atoms with Gasteiger partial charge in [-0.2, -0.15) is 4.68 Å². The smallest absolute Gasteiger partial charge is 0.252 e. The van der Waals surface area contributed by atoms with Gasteiger partial charge in [-0.25, -0.2) is 19.3 Å². The van der Waals surface area contributed by atoms with E-state index < -0.39 is 0 Å². The third-order valence-corrected chi connectivity index (χ3v) is 5.48. The van der Waals surface area contributed by atoms with Gasteiger partial charge in [0.25, 0.3) is 5.95 Å². The van der Waals surface area contributed by atoms with Gasteiger partial charge in [-0.3, -0.25) is 0 Å². The summed E-state index contributed by atoms with van der Waals surface area (Å²) in [5, 5.41) is 8.18. The second-order valence-corrected chi connectivity index (χ2v) is 7.71. The van der Waals surface area contributed by atoms with Crippen LogP contribution < -0.4 is 5.32 Å². The Morgan fingerprint density at radius 3 is 2.50 bits per heavy atom. The highest BCUT2D eigenvalue weighted by Gasteiger charge is 2.28. The second kappa shape index (κ2) is 9.33. The molecule has 0 amide bonds. The summed E-state index contributed by atoms with van der Waals surface area (Å²) in [5.41, 5.74) is 2.04. The molecule has 0 radical (unpaired) electrons. The van der Waals surface area contributed by atoms with Gasteiger partial charge in [0.1, 0.15) is 11.9 Å². The van der Waals surface area contributed by atoms with Gasteiger partial charge in [0.2, 0.25) is 0 Å². The molecule has 5 rings (SSSR count). The molecule has 1 saturated heterocycles. The van der Waals surface area contributed by atoms with E-state index in [0.29, 0.717) is 36.3 Å². The zero-order valence-electron chi connectivity index (χ0n) is 17.4. The van der Waals surface area contributed by atoms with E-state index in [9.17, 15) is 4.39 Å². The van der Waals surface area contributed by atoms with Crippen LogP contribution in [-0.2, 0) is 11.2 Å². The van der Waals surface area contributed by atoms with Gasteiger partial charge in [0.05, 0.1) is 6.61 Å². The van der Waals surface area contributed by atoms with Crippen molar-refractivity contribution in [3.8, 4) is 17.3 Å². The molecule has 32 heavy (non-hydrogen) atoms. The van der Waals surface area contributed by atoms with Gasteiger partial charge in [0, 0.05) is 30.5 Å². The van der Waals surface area contributed by atoms with E-state index in [2.05, 4.69) is 44.6 Å². The average Bonchev–Trinajstić information content (AvgIpc) is 3.30. The van der Waals surface area contributed by atoms with Crippen molar-refractivity contribution in [3.63, 3.8) is 0 Å². The number of benzene rings is 2. The van der Waals surface area contributed by atoms with Crippen molar-refractivity contribution in [3.05, 3.63) is 90.3 Å². The Balaban J connectivity index is 1.34. The second-order valence-electron chi connectivity index (χ2n) is 7.71. The Labute approximate surface area is 185 Å². The molecule has 1 aliphatic heterocycles. The highest BCUT2D eigenvalue weighted by atomic mass is 19.1. The molecule has 0 spiro atoms. The summed E-state index contributed by atoms with van der Waals surface area (Å²) in [6, 6.07) is 18.6. The fourth-order valence-corrected chi connectivity index (χ4v) is 3.76. The number of nitrogens with one attached hydrogen (secondary N) is 1. The number of rotatable bonds is 6. The Morgan fingerprint density at radius 1 is 1.00 bits per heavy atom. The summed E-state index contributed by atoms with van der Waals surface area (Å²) in [5.74, 6) is 1.20. The number of morpholine rings is 1. The lowest BCUT2D eigenvalue weighted by Crippen LogP contribution is -2.43. The van der Waals surface area contributed by atoms with Crippen LogP contribution in [0.1, 0.15) is 23.9 Å². The minimum Gasteiger partial charge on any atom is -0.367 e. The average molecular weight is 430 g/mol. The number of hydrogen-bond donors (Lipinski definition) is 1. The molecule has 1 N–H and O–H groups in total. The summed E-state index contributed by atoms with van der Waals surface area (Å²) < 4.78 is 21.2. The first-order valence-corrected chi connectivity index (χ1v) is 10.7. The third kappa shape index (κ3) is 4.56. The Kier molecular flexibility index (Phi) is 5.96. The fourth-order valence-electron chi connectivity index (χ4n) is 3.76. The van der Waals surface area contributed by atoms with E-state index >= 15 is 0 Å². The maximum atomic E-state index is 13.4. The predicted octanol–water partition coefficient (Wildman–Crippen LogP) is 3.53. The molecule has 2 unspecified atom stereocenters. The molecule has 162 valence electrons. The van der Waals surface area contributed by atoms with Crippen molar-refractivity contribution in [2.75, 3.05) is 13.2 Å². The lowest BCUT2D eigenvalue weighted by atomic mass is 10.0. The fraction of sp³-hybridized carbons (Fsp3) is 0.250. The minimum atomic E-state index is -0.304. The first kappa shape index (κ1) is 20.4. The number of hydrogen-bond acceptors (Lipinski definition) is 6. The van der Waals surface area contributed by atoms with Gasteiger partial charge < -0.3 is 10.1 Å². The molecule has 4 aromatic rings. The van der Waals surface area contributed by atoms with Crippen molar-refractivity contribution in [1.82, 2.24) is 30.0 Å². The van der Waals surface area contributed by atoms with Crippen LogP contribution in [0, 0.1) is 5.82 Å². The third-order valence-electron chi connectivity index (χ3n) is 5.48. The molecule has 1 aliphatic rings. The number of nitrogens with zero attached hydrogens (tertiary/aromatic N) is 5. The zero-order valence-corrected chi connectivity index (χ0v) is 17.4. The van der Waals surface area contributed by atoms with Gasteiger partial charge in [0.15, 0.2) is 11.6 Å². The van der Waals surface area contributed by atoms with E-state index in [1.807, 2.05) is 6.07 Å². The number of ether oxygens (including phenoxy) is 1. The molecule has 0 aliphatic carbocycles. The summed E-state index contributed by atoms with van der Waals surface area (Å²) in [6.45, 7) is 1.18. The number of aryl methyl sites for hydroxylation is 1. The predicted molar refractivity (Wildman–Crippen MR) is 118 cm³/mol. The van der Waals surface area contributed by atoms with Gasteiger partial charge in [-0.15, -0.1) is 5.10 Å². The van der Waals surface area contributed by atoms with Crippen LogP contribution in [0.4, 0.5) is 4.39 Å². The van der Waals surface area contributed by atoms with Crippen molar-refractivity contribution in [2.45, 2.75) is 25.0 Å². The van der Waals surface area contributed by atoms with E-state index in [1.165, 1.54) is 17.7 Å². The van der Waals surface area contributed by atoms with Crippen LogP contribution in [0.25, 0.3) is 17.3 Å². The van der Waals surface area contributed by atoms with Crippen LogP contribution in [-0.4, -0.2) is 43.9 Å². The van der Waals surface area contributed by atoms with Crippen molar-refractivity contribution < 1.29 is 9.13 Å². The molecular weight excluding hydrogens is 407 g/mol.